The van der Waals surface area contributed by atoms with Crippen LogP contribution in [0, 0.1) is 5.82 Å². The summed E-state index contributed by atoms with van der Waals surface area (Å²) < 4.78 is 25.3. The van der Waals surface area contributed by atoms with E-state index in [1.54, 1.807) is 42.5 Å². The van der Waals surface area contributed by atoms with Crippen LogP contribution < -0.4 is 14.4 Å². The molecule has 2 aliphatic heterocycles. The highest BCUT2D eigenvalue weighted by molar-refractivity contribution is 7.22. The van der Waals surface area contributed by atoms with Crippen LogP contribution in [0.5, 0.6) is 11.5 Å². The second-order valence-electron chi connectivity index (χ2n) is 8.48. The van der Waals surface area contributed by atoms with Crippen molar-refractivity contribution >= 4 is 44.1 Å². The maximum atomic E-state index is 13.8. The summed E-state index contributed by atoms with van der Waals surface area (Å²) in [5.74, 6) is -1.11. The summed E-state index contributed by atoms with van der Waals surface area (Å²) in [5, 5.41) is 11.6. The largest absolute Gasteiger partial charge is 0.507 e. The van der Waals surface area contributed by atoms with E-state index in [0.29, 0.717) is 40.1 Å². The van der Waals surface area contributed by atoms with Crippen LogP contribution in [-0.2, 0) is 16.0 Å². The van der Waals surface area contributed by atoms with Crippen LogP contribution in [0.1, 0.15) is 22.7 Å². The van der Waals surface area contributed by atoms with Crippen LogP contribution in [0.15, 0.2) is 66.2 Å². The first kappa shape index (κ1) is 22.2. The molecule has 6 rings (SSSR count). The first-order chi connectivity index (χ1) is 17.4. The zero-order chi connectivity index (χ0) is 25.0. The highest BCUT2D eigenvalue weighted by Crippen LogP contribution is 2.45. The van der Waals surface area contributed by atoms with Crippen LogP contribution in [0.3, 0.4) is 0 Å². The highest BCUT2D eigenvalue weighted by Gasteiger charge is 2.48. The van der Waals surface area contributed by atoms with Gasteiger partial charge in [-0.25, -0.2) is 9.37 Å². The first-order valence-corrected chi connectivity index (χ1v) is 12.0. The number of aliphatic hydroxyl groups is 1. The monoisotopic (exact) mass is 502 g/mol. The van der Waals surface area contributed by atoms with E-state index in [1.165, 1.54) is 30.2 Å². The number of anilines is 1. The Morgan fingerprint density at radius 1 is 1.17 bits per heavy atom. The van der Waals surface area contributed by atoms with Crippen molar-refractivity contribution in [2.45, 2.75) is 12.5 Å². The number of ketones is 1. The number of hydrogen-bond acceptors (Lipinski definition) is 7. The number of ether oxygens (including phenoxy) is 2. The normalized spacial score (nSPS) is 18.5. The number of aliphatic hydroxyl groups excluding tert-OH is 1. The lowest BCUT2D eigenvalue weighted by molar-refractivity contribution is -0.132. The van der Waals surface area contributed by atoms with E-state index in [9.17, 15) is 19.1 Å². The molecule has 0 radical (unpaired) electrons. The van der Waals surface area contributed by atoms with E-state index in [-0.39, 0.29) is 16.5 Å². The summed E-state index contributed by atoms with van der Waals surface area (Å²) in [4.78, 5) is 32.6. The van der Waals surface area contributed by atoms with Gasteiger partial charge in [-0.05, 0) is 59.7 Å². The zero-order valence-electron chi connectivity index (χ0n) is 19.0. The highest BCUT2D eigenvalue weighted by atomic mass is 32.1. The fraction of sp³-hybridized carbons (Fsp3) is 0.148. The van der Waals surface area contributed by atoms with E-state index < -0.39 is 23.5 Å². The van der Waals surface area contributed by atoms with Gasteiger partial charge in [0.05, 0.1) is 35.5 Å². The molecule has 2 aliphatic rings. The van der Waals surface area contributed by atoms with Gasteiger partial charge in [-0.3, -0.25) is 14.5 Å². The number of hydrogen-bond donors (Lipinski definition) is 1. The molecule has 1 fully saturated rings. The molecule has 4 aromatic rings. The number of halogens is 1. The Morgan fingerprint density at radius 3 is 2.86 bits per heavy atom. The van der Waals surface area contributed by atoms with Crippen molar-refractivity contribution in [3.05, 3.63) is 88.7 Å². The van der Waals surface area contributed by atoms with Gasteiger partial charge in [0, 0.05) is 12.0 Å². The van der Waals surface area contributed by atoms with Gasteiger partial charge in [0.1, 0.15) is 23.1 Å². The third kappa shape index (κ3) is 3.51. The van der Waals surface area contributed by atoms with Crippen molar-refractivity contribution in [1.82, 2.24) is 4.98 Å². The number of methoxy groups -OCH3 is 1. The van der Waals surface area contributed by atoms with Crippen molar-refractivity contribution in [3.8, 4) is 11.5 Å². The van der Waals surface area contributed by atoms with Gasteiger partial charge < -0.3 is 14.6 Å². The zero-order valence-corrected chi connectivity index (χ0v) is 19.8. The lowest BCUT2D eigenvalue weighted by Crippen LogP contribution is -2.29. The molecule has 1 unspecified atom stereocenters. The second kappa shape index (κ2) is 8.46. The number of amides is 1. The molecule has 0 bridgehead atoms. The number of carbonyl (C=O) groups is 2. The molecule has 180 valence electrons. The minimum atomic E-state index is -0.963. The molecular weight excluding hydrogens is 483 g/mol. The summed E-state index contributed by atoms with van der Waals surface area (Å²) in [7, 11) is 1.52. The summed E-state index contributed by atoms with van der Waals surface area (Å²) in [5.41, 5.74) is 2.33. The molecule has 0 spiro atoms. The molecule has 1 amide bonds. The Bertz CT molecular complexity index is 1590. The van der Waals surface area contributed by atoms with Gasteiger partial charge in [-0.1, -0.05) is 23.5 Å². The van der Waals surface area contributed by atoms with Crippen LogP contribution in [-0.4, -0.2) is 35.5 Å². The van der Waals surface area contributed by atoms with Crippen LogP contribution in [0.25, 0.3) is 16.0 Å². The molecule has 3 aromatic carbocycles. The smallest absolute Gasteiger partial charge is 0.301 e. The minimum Gasteiger partial charge on any atom is -0.507 e. The van der Waals surface area contributed by atoms with Crippen molar-refractivity contribution in [2.24, 2.45) is 0 Å². The summed E-state index contributed by atoms with van der Waals surface area (Å²) >= 11 is 1.10. The van der Waals surface area contributed by atoms with Crippen LogP contribution >= 0.6 is 11.3 Å². The number of carbonyl (C=O) groups excluding carboxylic acids is 2. The Morgan fingerprint density at radius 2 is 2.03 bits per heavy atom. The SMILES string of the molecule is COc1cccc(C2/C(=C(\O)c3ccc4c(c3)CCO4)C(=O)C(=O)N2c2nc3ccc(F)cc3s2)c1. The topological polar surface area (TPSA) is 89.0 Å². The van der Waals surface area contributed by atoms with Gasteiger partial charge in [0.2, 0.25) is 0 Å². The molecule has 36 heavy (non-hydrogen) atoms. The van der Waals surface area contributed by atoms with Gasteiger partial charge in [-0.2, -0.15) is 0 Å². The maximum absolute atomic E-state index is 13.8. The molecular formula is C27H19FN2O5S. The van der Waals surface area contributed by atoms with Gasteiger partial charge in [0.15, 0.2) is 5.13 Å². The average Bonchev–Trinajstić information content (AvgIpc) is 3.59. The van der Waals surface area contributed by atoms with Gasteiger partial charge in [0.25, 0.3) is 5.78 Å². The standard InChI is InChI=1S/C27H19FN2O5S/c1-34-18-4-2-3-15(12-18)23-22(24(31)16-5-8-20-14(11-16)9-10-35-20)25(32)26(33)30(23)27-29-19-7-6-17(28)13-21(19)36-27/h2-8,11-13,23,31H,9-10H2,1H3/b24-22+. The predicted molar refractivity (Wildman–Crippen MR) is 133 cm³/mol. The Labute approximate surface area is 209 Å². The number of Topliss-reactive ketones (excluding diaryl/α,β-unsaturated/α-hetero) is 1. The summed E-state index contributed by atoms with van der Waals surface area (Å²) in [6.45, 7) is 0.548. The lowest BCUT2D eigenvalue weighted by Gasteiger charge is -2.23. The number of rotatable bonds is 4. The molecule has 1 N–H and O–H groups in total. The van der Waals surface area contributed by atoms with Crippen LogP contribution in [0.4, 0.5) is 9.52 Å². The van der Waals surface area contributed by atoms with Gasteiger partial charge in [-0.15, -0.1) is 0 Å². The summed E-state index contributed by atoms with van der Waals surface area (Å²) in [6.07, 6.45) is 0.687. The van der Waals surface area contributed by atoms with E-state index in [0.717, 1.165) is 22.6 Å². The van der Waals surface area contributed by atoms with E-state index >= 15 is 0 Å². The molecule has 7 nitrogen and oxygen atoms in total. The molecule has 1 saturated heterocycles. The third-order valence-electron chi connectivity index (χ3n) is 6.36. The predicted octanol–water partition coefficient (Wildman–Crippen LogP) is 5.01. The van der Waals surface area contributed by atoms with E-state index in [2.05, 4.69) is 4.98 Å². The molecule has 1 aromatic heterocycles. The number of nitrogens with zero attached hydrogens (tertiary/aromatic N) is 2. The van der Waals surface area contributed by atoms with Crippen LogP contribution in [0.2, 0.25) is 0 Å². The van der Waals surface area contributed by atoms with Crippen molar-refractivity contribution in [2.75, 3.05) is 18.6 Å². The van der Waals surface area contributed by atoms with Gasteiger partial charge >= 0.3 is 5.91 Å². The number of aromatic nitrogens is 1. The Hall–Kier alpha value is -4.24. The fourth-order valence-electron chi connectivity index (χ4n) is 4.64. The van der Waals surface area contributed by atoms with Crippen molar-refractivity contribution in [3.63, 3.8) is 0 Å². The molecule has 3 heterocycles. The van der Waals surface area contributed by atoms with E-state index in [4.69, 9.17) is 9.47 Å². The molecule has 9 heteroatoms. The number of benzene rings is 3. The van der Waals surface area contributed by atoms with Crippen molar-refractivity contribution < 1.29 is 28.6 Å². The molecule has 0 saturated carbocycles. The number of fused-ring (bicyclic) bond motifs is 2. The number of thiazole rings is 1. The first-order valence-electron chi connectivity index (χ1n) is 11.2. The third-order valence-corrected chi connectivity index (χ3v) is 7.38. The Kier molecular flexibility index (Phi) is 5.22. The Balaban J connectivity index is 1.56. The molecule has 1 atom stereocenters. The summed E-state index contributed by atoms with van der Waals surface area (Å²) in [6, 6.07) is 15.3. The second-order valence-corrected chi connectivity index (χ2v) is 9.48. The van der Waals surface area contributed by atoms with Crippen molar-refractivity contribution in [1.29, 1.82) is 0 Å². The molecule has 0 aliphatic carbocycles. The minimum absolute atomic E-state index is 0.0578. The maximum Gasteiger partial charge on any atom is 0.301 e. The average molecular weight is 503 g/mol. The fourth-order valence-corrected chi connectivity index (χ4v) is 5.65. The van der Waals surface area contributed by atoms with E-state index in [1.807, 2.05) is 0 Å². The lowest BCUT2D eigenvalue weighted by atomic mass is 9.94. The quantitative estimate of drug-likeness (QED) is 0.240.